The van der Waals surface area contributed by atoms with Gasteiger partial charge >= 0.3 is 0 Å². The third kappa shape index (κ3) is 2.35. The Morgan fingerprint density at radius 2 is 2.05 bits per heavy atom. The highest BCUT2D eigenvalue weighted by Gasteiger charge is 2.10. The molecule has 5 heteroatoms. The van der Waals surface area contributed by atoms with Gasteiger partial charge in [0, 0.05) is 5.56 Å². The average Bonchev–Trinajstić information content (AvgIpc) is 2.89. The maximum absolute atomic E-state index is 5.94. The van der Waals surface area contributed by atoms with Crippen molar-refractivity contribution in [2.75, 3.05) is 5.73 Å². The molecule has 0 fully saturated rings. The van der Waals surface area contributed by atoms with Gasteiger partial charge in [0.2, 0.25) is 11.8 Å². The summed E-state index contributed by atoms with van der Waals surface area (Å²) in [5.74, 6) is 1.46. The van der Waals surface area contributed by atoms with E-state index in [2.05, 4.69) is 9.97 Å². The molecule has 0 amide bonds. The van der Waals surface area contributed by atoms with Crippen molar-refractivity contribution >= 4 is 33.6 Å². The lowest BCUT2D eigenvalue weighted by Gasteiger charge is -2.09. The number of rotatable bonds is 3. The largest absolute Gasteiger partial charge is 0.438 e. The van der Waals surface area contributed by atoms with Crippen LogP contribution in [0.5, 0.6) is 11.6 Å². The number of aromatic nitrogens is 2. The van der Waals surface area contributed by atoms with Crippen molar-refractivity contribution in [1.82, 2.24) is 9.97 Å². The lowest BCUT2D eigenvalue weighted by atomic mass is 10.2. The van der Waals surface area contributed by atoms with Crippen LogP contribution in [0.1, 0.15) is 12.5 Å². The molecule has 3 aromatic rings. The molecule has 2 heterocycles. The number of thiophene rings is 1. The topological polar surface area (TPSA) is 61.0 Å². The first-order valence-electron chi connectivity index (χ1n) is 6.18. The first-order valence-corrected chi connectivity index (χ1v) is 7.06. The van der Waals surface area contributed by atoms with Crippen LogP contribution < -0.4 is 10.5 Å². The van der Waals surface area contributed by atoms with Crippen molar-refractivity contribution in [3.05, 3.63) is 47.4 Å². The Morgan fingerprint density at radius 1 is 1.20 bits per heavy atom. The number of ether oxygens (including phenoxy) is 1. The zero-order valence-electron chi connectivity index (χ0n) is 10.9. The smallest absolute Gasteiger partial charge is 0.232 e. The number of nitrogen functional groups attached to an aromatic ring is 1. The van der Waals surface area contributed by atoms with Crippen LogP contribution >= 0.6 is 11.3 Å². The van der Waals surface area contributed by atoms with Gasteiger partial charge in [0.05, 0.1) is 5.39 Å². The summed E-state index contributed by atoms with van der Waals surface area (Å²) in [5.41, 5.74) is 6.72. The Bertz CT molecular complexity index is 780. The van der Waals surface area contributed by atoms with Crippen molar-refractivity contribution in [3.63, 3.8) is 0 Å². The molecule has 1 aromatic carbocycles. The summed E-state index contributed by atoms with van der Waals surface area (Å²) in [7, 11) is 0. The highest BCUT2D eigenvalue weighted by Crippen LogP contribution is 2.32. The summed E-state index contributed by atoms with van der Waals surface area (Å²) in [5, 5.41) is 2.82. The molecule has 100 valence electrons. The Hall–Kier alpha value is -2.40. The van der Waals surface area contributed by atoms with Gasteiger partial charge in [-0.1, -0.05) is 30.4 Å². The molecule has 2 N–H and O–H groups in total. The fraction of sp³-hybridized carbons (Fsp3) is 0.0667. The van der Waals surface area contributed by atoms with Gasteiger partial charge in [-0.05, 0) is 24.4 Å². The van der Waals surface area contributed by atoms with Crippen LogP contribution in [0.25, 0.3) is 16.3 Å². The molecule has 0 atom stereocenters. The van der Waals surface area contributed by atoms with Crippen molar-refractivity contribution in [2.45, 2.75) is 6.92 Å². The molecule has 0 spiro atoms. The normalized spacial score (nSPS) is 11.2. The lowest BCUT2D eigenvalue weighted by molar-refractivity contribution is 0.468. The van der Waals surface area contributed by atoms with Crippen molar-refractivity contribution in [3.8, 4) is 11.6 Å². The van der Waals surface area contributed by atoms with Gasteiger partial charge in [-0.2, -0.15) is 4.98 Å². The van der Waals surface area contributed by atoms with E-state index in [1.807, 2.05) is 54.8 Å². The molecule has 0 unspecified atom stereocenters. The summed E-state index contributed by atoms with van der Waals surface area (Å²) < 4.78 is 5.94. The third-order valence-electron chi connectivity index (χ3n) is 2.78. The van der Waals surface area contributed by atoms with E-state index in [1.165, 1.54) is 11.3 Å². The molecule has 0 bridgehead atoms. The Morgan fingerprint density at radius 3 is 2.90 bits per heavy atom. The molecule has 0 saturated carbocycles. The molecule has 0 saturated heterocycles. The number of para-hydroxylation sites is 1. The van der Waals surface area contributed by atoms with Gasteiger partial charge in [0.15, 0.2) is 0 Å². The van der Waals surface area contributed by atoms with E-state index in [-0.39, 0.29) is 5.95 Å². The lowest BCUT2D eigenvalue weighted by Crippen LogP contribution is -1.97. The second kappa shape index (κ2) is 5.30. The first kappa shape index (κ1) is 12.6. The second-order valence-electron chi connectivity index (χ2n) is 4.17. The quantitative estimate of drug-likeness (QED) is 0.786. The summed E-state index contributed by atoms with van der Waals surface area (Å²) in [6, 6.07) is 9.73. The number of hydrogen-bond acceptors (Lipinski definition) is 5. The zero-order valence-corrected chi connectivity index (χ0v) is 11.7. The Balaban J connectivity index is 2.07. The minimum Gasteiger partial charge on any atom is -0.438 e. The minimum absolute atomic E-state index is 0.221. The van der Waals surface area contributed by atoms with Gasteiger partial charge in [-0.25, -0.2) is 4.98 Å². The molecule has 2 aromatic heterocycles. The number of benzene rings is 1. The number of allylic oxidation sites excluding steroid dienone is 1. The minimum atomic E-state index is 0.221. The fourth-order valence-corrected chi connectivity index (χ4v) is 2.68. The van der Waals surface area contributed by atoms with E-state index in [9.17, 15) is 0 Å². The summed E-state index contributed by atoms with van der Waals surface area (Å²) in [6.07, 6.45) is 3.96. The molecule has 0 aliphatic carbocycles. The third-order valence-corrected chi connectivity index (χ3v) is 3.59. The first-order chi connectivity index (χ1) is 9.78. The number of nitrogens with zero attached hydrogens (tertiary/aromatic N) is 2. The van der Waals surface area contributed by atoms with E-state index in [0.29, 0.717) is 5.88 Å². The highest BCUT2D eigenvalue weighted by molar-refractivity contribution is 7.16. The van der Waals surface area contributed by atoms with Gasteiger partial charge in [0.1, 0.15) is 10.6 Å². The molecule has 4 nitrogen and oxygen atoms in total. The fourth-order valence-electron chi connectivity index (χ4n) is 1.92. The van der Waals surface area contributed by atoms with E-state index < -0.39 is 0 Å². The maximum Gasteiger partial charge on any atom is 0.232 e. The van der Waals surface area contributed by atoms with Crippen LogP contribution in [0.15, 0.2) is 41.8 Å². The van der Waals surface area contributed by atoms with Crippen LogP contribution in [0.2, 0.25) is 0 Å². The number of nitrogens with two attached hydrogens (primary N) is 1. The van der Waals surface area contributed by atoms with E-state index in [1.54, 1.807) is 0 Å². The summed E-state index contributed by atoms with van der Waals surface area (Å²) in [6.45, 7) is 1.97. The molecule has 20 heavy (non-hydrogen) atoms. The zero-order chi connectivity index (χ0) is 13.9. The van der Waals surface area contributed by atoms with Gasteiger partial charge < -0.3 is 10.5 Å². The molecule has 0 aliphatic heterocycles. The van der Waals surface area contributed by atoms with Gasteiger partial charge in [0.25, 0.3) is 0 Å². The molecule has 0 aliphatic rings. The van der Waals surface area contributed by atoms with Crippen LogP contribution in [0.3, 0.4) is 0 Å². The van der Waals surface area contributed by atoms with E-state index in [4.69, 9.17) is 10.5 Å². The number of hydrogen-bond donors (Lipinski definition) is 1. The summed E-state index contributed by atoms with van der Waals surface area (Å²) >= 11 is 1.52. The van der Waals surface area contributed by atoms with E-state index >= 15 is 0 Å². The molecule has 0 radical (unpaired) electrons. The SMILES string of the molecule is C/C=C/c1ccccc1Oc1nc(N)nc2sccc12. The molecule has 3 rings (SSSR count). The van der Waals surface area contributed by atoms with E-state index in [0.717, 1.165) is 21.5 Å². The molecular formula is C15H13N3OS. The van der Waals surface area contributed by atoms with Crippen molar-refractivity contribution < 1.29 is 4.74 Å². The number of anilines is 1. The predicted molar refractivity (Wildman–Crippen MR) is 83.1 cm³/mol. The second-order valence-corrected chi connectivity index (χ2v) is 5.06. The van der Waals surface area contributed by atoms with Crippen LogP contribution in [-0.4, -0.2) is 9.97 Å². The van der Waals surface area contributed by atoms with Crippen molar-refractivity contribution in [2.24, 2.45) is 0 Å². The summed E-state index contributed by atoms with van der Waals surface area (Å²) in [4.78, 5) is 9.21. The van der Waals surface area contributed by atoms with Crippen LogP contribution in [0, 0.1) is 0 Å². The monoisotopic (exact) mass is 283 g/mol. The van der Waals surface area contributed by atoms with Gasteiger partial charge in [-0.15, -0.1) is 11.3 Å². The van der Waals surface area contributed by atoms with Gasteiger partial charge in [-0.3, -0.25) is 0 Å². The van der Waals surface area contributed by atoms with Crippen molar-refractivity contribution in [1.29, 1.82) is 0 Å². The average molecular weight is 283 g/mol. The number of fused-ring (bicyclic) bond motifs is 1. The predicted octanol–water partition coefficient (Wildman–Crippen LogP) is 4.10. The highest BCUT2D eigenvalue weighted by atomic mass is 32.1. The van der Waals surface area contributed by atoms with Crippen LogP contribution in [-0.2, 0) is 0 Å². The maximum atomic E-state index is 5.94. The Labute approximate surface area is 120 Å². The van der Waals surface area contributed by atoms with Crippen LogP contribution in [0.4, 0.5) is 5.95 Å². The molecular weight excluding hydrogens is 270 g/mol. The standard InChI is InChI=1S/C15H13N3OS/c1-2-5-10-6-3-4-7-12(10)19-13-11-8-9-20-14(11)18-15(16)17-13/h2-9H,1H3,(H2,16,17,18)/b5-2+. The Kier molecular flexibility index (Phi) is 3.35.